The average Bonchev–Trinajstić information content (AvgIpc) is 2.82. The second-order valence-corrected chi connectivity index (χ2v) is 4.19. The highest BCUT2D eigenvalue weighted by Crippen LogP contribution is 2.23. The van der Waals surface area contributed by atoms with E-state index in [9.17, 15) is 0 Å². The van der Waals surface area contributed by atoms with Crippen LogP contribution in [0.2, 0.25) is 0 Å². The van der Waals surface area contributed by atoms with Crippen LogP contribution in [0.1, 0.15) is 0 Å². The topological polar surface area (TPSA) is 48.3 Å². The molecule has 0 saturated carbocycles. The fourth-order valence-corrected chi connectivity index (χ4v) is 1.86. The van der Waals surface area contributed by atoms with Crippen molar-refractivity contribution in [3.63, 3.8) is 0 Å². The summed E-state index contributed by atoms with van der Waals surface area (Å²) in [4.78, 5) is 0. The van der Waals surface area contributed by atoms with Crippen LogP contribution in [0.3, 0.4) is 0 Å². The summed E-state index contributed by atoms with van der Waals surface area (Å²) in [6.07, 6.45) is 3.86. The quantitative estimate of drug-likeness (QED) is 0.880. The van der Waals surface area contributed by atoms with Crippen LogP contribution in [0.15, 0.2) is 36.7 Å². The third-order valence-electron chi connectivity index (χ3n) is 2.94. The molecule has 0 amide bonds. The molecule has 1 fully saturated rings. The minimum atomic E-state index is 0.264. The summed E-state index contributed by atoms with van der Waals surface area (Å²) in [5.74, 6) is 1.57. The zero-order valence-corrected chi connectivity index (χ0v) is 10.2. The number of methoxy groups -OCH3 is 1. The molecule has 2 aromatic rings. The summed E-state index contributed by atoms with van der Waals surface area (Å²) in [7, 11) is 1.65. The van der Waals surface area contributed by atoms with Gasteiger partial charge in [0.2, 0.25) is 0 Å². The molecule has 0 spiro atoms. The fourth-order valence-electron chi connectivity index (χ4n) is 1.86. The number of para-hydroxylation sites is 2. The summed E-state index contributed by atoms with van der Waals surface area (Å²) < 4.78 is 12.8. The Morgan fingerprint density at radius 3 is 2.89 bits per heavy atom. The third-order valence-corrected chi connectivity index (χ3v) is 2.94. The summed E-state index contributed by atoms with van der Waals surface area (Å²) in [6.45, 7) is 1.81. The summed E-state index contributed by atoms with van der Waals surface area (Å²) >= 11 is 0. The maximum Gasteiger partial charge on any atom is 0.158 e. The molecule has 1 aromatic carbocycles. The molecule has 0 radical (unpaired) electrons. The van der Waals surface area contributed by atoms with Gasteiger partial charge in [0, 0.05) is 13.1 Å². The van der Waals surface area contributed by atoms with E-state index in [-0.39, 0.29) is 6.10 Å². The second kappa shape index (κ2) is 4.70. The standard InChI is InChI=1S/C13H15N3O2/c1-17-13-5-3-2-4-12(13)16-9-11(8-15-16)18-10-6-14-7-10/h2-5,8-10,14H,6-7H2,1H3. The smallest absolute Gasteiger partial charge is 0.158 e. The molecular weight excluding hydrogens is 230 g/mol. The molecule has 1 aliphatic rings. The Labute approximate surface area is 105 Å². The molecule has 3 rings (SSSR count). The van der Waals surface area contributed by atoms with Crippen molar-refractivity contribution >= 4 is 0 Å². The Bertz CT molecular complexity index is 535. The first-order chi connectivity index (χ1) is 8.86. The van der Waals surface area contributed by atoms with Crippen molar-refractivity contribution in [2.45, 2.75) is 6.10 Å². The second-order valence-electron chi connectivity index (χ2n) is 4.19. The fraction of sp³-hybridized carbons (Fsp3) is 0.308. The summed E-state index contributed by atoms with van der Waals surface area (Å²) in [5.41, 5.74) is 0.904. The number of hydrogen-bond donors (Lipinski definition) is 1. The van der Waals surface area contributed by atoms with Crippen molar-refractivity contribution in [3.8, 4) is 17.2 Å². The molecule has 1 aliphatic heterocycles. The monoisotopic (exact) mass is 245 g/mol. The van der Waals surface area contributed by atoms with Gasteiger partial charge >= 0.3 is 0 Å². The van der Waals surface area contributed by atoms with Crippen LogP contribution < -0.4 is 14.8 Å². The SMILES string of the molecule is COc1ccccc1-n1cc(OC2CNC2)cn1. The van der Waals surface area contributed by atoms with Gasteiger partial charge in [-0.15, -0.1) is 0 Å². The molecule has 2 heterocycles. The van der Waals surface area contributed by atoms with E-state index in [1.54, 1.807) is 18.0 Å². The van der Waals surface area contributed by atoms with E-state index in [0.29, 0.717) is 0 Å². The van der Waals surface area contributed by atoms with Crippen LogP contribution >= 0.6 is 0 Å². The Morgan fingerprint density at radius 1 is 1.33 bits per heavy atom. The van der Waals surface area contributed by atoms with Gasteiger partial charge in [-0.25, -0.2) is 4.68 Å². The van der Waals surface area contributed by atoms with Crippen molar-refractivity contribution in [3.05, 3.63) is 36.7 Å². The zero-order chi connectivity index (χ0) is 12.4. The van der Waals surface area contributed by atoms with Crippen molar-refractivity contribution in [2.24, 2.45) is 0 Å². The Morgan fingerprint density at radius 2 is 2.17 bits per heavy atom. The lowest BCUT2D eigenvalue weighted by molar-refractivity contribution is 0.142. The van der Waals surface area contributed by atoms with Crippen LogP contribution in [0.4, 0.5) is 0 Å². The van der Waals surface area contributed by atoms with Crippen LogP contribution in [-0.4, -0.2) is 36.1 Å². The summed E-state index contributed by atoms with van der Waals surface area (Å²) in [6, 6.07) is 7.76. The van der Waals surface area contributed by atoms with E-state index in [1.807, 2.05) is 30.5 Å². The predicted octanol–water partition coefficient (Wildman–Crippen LogP) is 1.23. The van der Waals surface area contributed by atoms with Gasteiger partial charge in [0.25, 0.3) is 0 Å². The van der Waals surface area contributed by atoms with E-state index in [1.165, 1.54) is 0 Å². The van der Waals surface area contributed by atoms with Gasteiger partial charge in [-0.1, -0.05) is 12.1 Å². The molecule has 5 heteroatoms. The molecule has 1 saturated heterocycles. The number of rotatable bonds is 4. The lowest BCUT2D eigenvalue weighted by Gasteiger charge is -2.26. The molecule has 0 aliphatic carbocycles. The molecule has 94 valence electrons. The van der Waals surface area contributed by atoms with Crippen molar-refractivity contribution < 1.29 is 9.47 Å². The minimum Gasteiger partial charge on any atom is -0.494 e. The Hall–Kier alpha value is -2.01. The highest BCUT2D eigenvalue weighted by molar-refractivity contribution is 5.46. The normalized spacial score (nSPS) is 15.2. The van der Waals surface area contributed by atoms with E-state index in [0.717, 1.165) is 30.3 Å². The van der Waals surface area contributed by atoms with Crippen LogP contribution in [0, 0.1) is 0 Å². The first-order valence-electron chi connectivity index (χ1n) is 5.92. The van der Waals surface area contributed by atoms with Gasteiger partial charge in [-0.3, -0.25) is 0 Å². The first-order valence-corrected chi connectivity index (χ1v) is 5.92. The minimum absolute atomic E-state index is 0.264. The number of hydrogen-bond acceptors (Lipinski definition) is 4. The number of nitrogens with one attached hydrogen (secondary N) is 1. The highest BCUT2D eigenvalue weighted by atomic mass is 16.5. The molecule has 1 N–H and O–H groups in total. The lowest BCUT2D eigenvalue weighted by atomic mass is 10.2. The van der Waals surface area contributed by atoms with Gasteiger partial charge in [0.1, 0.15) is 17.5 Å². The maximum absolute atomic E-state index is 5.74. The van der Waals surface area contributed by atoms with E-state index < -0.39 is 0 Å². The van der Waals surface area contributed by atoms with Gasteiger partial charge < -0.3 is 14.8 Å². The van der Waals surface area contributed by atoms with Gasteiger partial charge in [0.15, 0.2) is 5.75 Å². The molecule has 0 unspecified atom stereocenters. The molecule has 0 atom stereocenters. The van der Waals surface area contributed by atoms with Crippen molar-refractivity contribution in [2.75, 3.05) is 20.2 Å². The largest absolute Gasteiger partial charge is 0.494 e. The van der Waals surface area contributed by atoms with Gasteiger partial charge in [0.05, 0.1) is 19.5 Å². The number of benzene rings is 1. The van der Waals surface area contributed by atoms with Crippen molar-refractivity contribution in [1.29, 1.82) is 0 Å². The molecule has 18 heavy (non-hydrogen) atoms. The molecule has 5 nitrogen and oxygen atoms in total. The van der Waals surface area contributed by atoms with Gasteiger partial charge in [-0.2, -0.15) is 5.10 Å². The highest BCUT2D eigenvalue weighted by Gasteiger charge is 2.19. The third kappa shape index (κ3) is 2.04. The van der Waals surface area contributed by atoms with E-state index in [2.05, 4.69) is 10.4 Å². The molecule has 0 bridgehead atoms. The average molecular weight is 245 g/mol. The molecule has 1 aromatic heterocycles. The van der Waals surface area contributed by atoms with E-state index >= 15 is 0 Å². The van der Waals surface area contributed by atoms with Crippen LogP contribution in [0.5, 0.6) is 11.5 Å². The predicted molar refractivity (Wildman–Crippen MR) is 67.4 cm³/mol. The first kappa shape index (κ1) is 11.1. The van der Waals surface area contributed by atoms with Crippen LogP contribution in [0.25, 0.3) is 5.69 Å². The van der Waals surface area contributed by atoms with Crippen LogP contribution in [-0.2, 0) is 0 Å². The number of ether oxygens (including phenoxy) is 2. The number of aromatic nitrogens is 2. The molecular formula is C13H15N3O2. The maximum atomic E-state index is 5.74. The lowest BCUT2D eigenvalue weighted by Crippen LogP contribution is -2.50. The zero-order valence-electron chi connectivity index (χ0n) is 10.2. The van der Waals surface area contributed by atoms with Gasteiger partial charge in [-0.05, 0) is 12.1 Å². The Balaban J connectivity index is 1.83. The Kier molecular flexibility index (Phi) is 2.90. The number of nitrogens with zero attached hydrogens (tertiary/aromatic N) is 2. The summed E-state index contributed by atoms with van der Waals surface area (Å²) in [5, 5.41) is 7.46. The van der Waals surface area contributed by atoms with E-state index in [4.69, 9.17) is 9.47 Å². The van der Waals surface area contributed by atoms with Crippen molar-refractivity contribution in [1.82, 2.24) is 15.1 Å².